The molecule has 0 spiro atoms. The Morgan fingerprint density at radius 2 is 2.12 bits per heavy atom. The van der Waals surface area contributed by atoms with E-state index in [1.807, 2.05) is 11.6 Å². The number of ketones is 1. The summed E-state index contributed by atoms with van der Waals surface area (Å²) in [5.74, 6) is 0.635. The summed E-state index contributed by atoms with van der Waals surface area (Å²) in [6.45, 7) is 5.71. The van der Waals surface area contributed by atoms with Gasteiger partial charge in [-0.3, -0.25) is 4.79 Å². The number of carboxylic acid groups (broad SMARTS) is 1. The molecule has 134 valence electrons. The van der Waals surface area contributed by atoms with E-state index in [9.17, 15) is 9.59 Å². The van der Waals surface area contributed by atoms with E-state index < -0.39 is 5.97 Å². The highest BCUT2D eigenvalue weighted by Crippen LogP contribution is 2.27. The van der Waals surface area contributed by atoms with Gasteiger partial charge >= 0.3 is 5.97 Å². The van der Waals surface area contributed by atoms with Gasteiger partial charge in [0, 0.05) is 32.5 Å². The topological polar surface area (TPSA) is 75.4 Å². The summed E-state index contributed by atoms with van der Waals surface area (Å²) in [5, 5.41) is 9.15. The third-order valence-corrected chi connectivity index (χ3v) is 4.87. The van der Waals surface area contributed by atoms with Gasteiger partial charge in [0.2, 0.25) is 5.95 Å². The van der Waals surface area contributed by atoms with Crippen LogP contribution in [0.4, 0.5) is 5.95 Å². The fraction of sp³-hybridized carbons (Fsp3) is 0.526. The first kappa shape index (κ1) is 17.5. The highest BCUT2D eigenvalue weighted by Gasteiger charge is 2.28. The number of aromatic carboxylic acids is 1. The van der Waals surface area contributed by atoms with Crippen LogP contribution in [0.5, 0.6) is 0 Å². The zero-order valence-corrected chi connectivity index (χ0v) is 15.0. The molecule has 1 fully saturated rings. The normalized spacial score (nSPS) is 18.1. The highest BCUT2D eigenvalue weighted by atomic mass is 16.4. The Morgan fingerprint density at radius 1 is 1.36 bits per heavy atom. The summed E-state index contributed by atoms with van der Waals surface area (Å²) in [4.78, 5) is 30.4. The second kappa shape index (κ2) is 6.86. The second-order valence-electron chi connectivity index (χ2n) is 7.33. The maximum absolute atomic E-state index is 12.4. The average molecular weight is 343 g/mol. The molecule has 0 saturated carbocycles. The smallest absolute Gasteiger partial charge is 0.335 e. The van der Waals surface area contributed by atoms with Crippen LogP contribution in [-0.4, -0.2) is 39.5 Å². The molecule has 0 bridgehead atoms. The fourth-order valence-corrected chi connectivity index (χ4v) is 3.59. The molecule has 6 heteroatoms. The number of hydrogen-bond acceptors (Lipinski definition) is 4. The van der Waals surface area contributed by atoms with Crippen LogP contribution < -0.4 is 4.90 Å². The van der Waals surface area contributed by atoms with Gasteiger partial charge in [-0.25, -0.2) is 9.78 Å². The van der Waals surface area contributed by atoms with Gasteiger partial charge in [0.15, 0.2) is 0 Å². The maximum Gasteiger partial charge on any atom is 0.335 e. The van der Waals surface area contributed by atoms with E-state index in [-0.39, 0.29) is 11.5 Å². The lowest BCUT2D eigenvalue weighted by molar-refractivity contribution is -0.123. The largest absolute Gasteiger partial charge is 0.478 e. The number of piperidine rings is 1. The standard InChI is InChI=1S/C19H25N3O3/c1-12(2)9-17(23)14-5-4-8-22(11-14)19-20-15-10-13(18(24)25)6-7-16(15)21(19)3/h6-7,10,12,14H,4-5,8-9,11H2,1-3H3,(H,24,25). The van der Waals surface area contributed by atoms with Gasteiger partial charge in [-0.15, -0.1) is 0 Å². The summed E-state index contributed by atoms with van der Waals surface area (Å²) in [6.07, 6.45) is 2.54. The SMILES string of the molecule is CC(C)CC(=O)C1CCCN(c2nc3cc(C(=O)O)ccc3n2C)C1. The van der Waals surface area contributed by atoms with Crippen LogP contribution in [0, 0.1) is 11.8 Å². The van der Waals surface area contributed by atoms with Gasteiger partial charge in [0.05, 0.1) is 16.6 Å². The molecule has 2 heterocycles. The summed E-state index contributed by atoms with van der Waals surface area (Å²) in [7, 11) is 1.94. The summed E-state index contributed by atoms with van der Waals surface area (Å²) >= 11 is 0. The van der Waals surface area contributed by atoms with Gasteiger partial charge in [-0.05, 0) is 37.0 Å². The number of carboxylic acids is 1. The van der Waals surface area contributed by atoms with Crippen molar-refractivity contribution in [3.63, 3.8) is 0 Å². The summed E-state index contributed by atoms with van der Waals surface area (Å²) in [6, 6.07) is 4.99. The number of carbonyl (C=O) groups is 2. The van der Waals surface area contributed by atoms with Crippen molar-refractivity contribution in [2.75, 3.05) is 18.0 Å². The van der Waals surface area contributed by atoms with Crippen molar-refractivity contribution >= 4 is 28.7 Å². The number of carbonyl (C=O) groups excluding carboxylic acids is 1. The molecule has 1 atom stereocenters. The molecule has 1 aliphatic heterocycles. The number of benzene rings is 1. The van der Waals surface area contributed by atoms with E-state index in [0.29, 0.717) is 30.2 Å². The van der Waals surface area contributed by atoms with Crippen LogP contribution in [0.1, 0.15) is 43.5 Å². The van der Waals surface area contributed by atoms with Crippen LogP contribution >= 0.6 is 0 Å². The van der Waals surface area contributed by atoms with Crippen LogP contribution in [0.25, 0.3) is 11.0 Å². The lowest BCUT2D eigenvalue weighted by Crippen LogP contribution is -2.40. The van der Waals surface area contributed by atoms with Crippen LogP contribution in [-0.2, 0) is 11.8 Å². The van der Waals surface area contributed by atoms with E-state index in [4.69, 9.17) is 5.11 Å². The Balaban J connectivity index is 1.86. The minimum absolute atomic E-state index is 0.0607. The van der Waals surface area contributed by atoms with Crippen LogP contribution in [0.2, 0.25) is 0 Å². The molecule has 0 amide bonds. The molecule has 0 radical (unpaired) electrons. The Morgan fingerprint density at radius 3 is 2.80 bits per heavy atom. The molecule has 1 saturated heterocycles. The fourth-order valence-electron chi connectivity index (χ4n) is 3.59. The van der Waals surface area contributed by atoms with Crippen molar-refractivity contribution < 1.29 is 14.7 Å². The summed E-state index contributed by atoms with van der Waals surface area (Å²) in [5.41, 5.74) is 1.81. The second-order valence-corrected chi connectivity index (χ2v) is 7.33. The molecule has 1 aromatic carbocycles. The minimum Gasteiger partial charge on any atom is -0.478 e. The lowest BCUT2D eigenvalue weighted by atomic mass is 9.89. The van der Waals surface area contributed by atoms with Crippen molar-refractivity contribution in [1.29, 1.82) is 0 Å². The van der Waals surface area contributed by atoms with Crippen molar-refractivity contribution in [1.82, 2.24) is 9.55 Å². The van der Waals surface area contributed by atoms with E-state index in [1.165, 1.54) is 0 Å². The first-order chi connectivity index (χ1) is 11.9. The third-order valence-electron chi connectivity index (χ3n) is 4.87. The lowest BCUT2D eigenvalue weighted by Gasteiger charge is -2.33. The van der Waals surface area contributed by atoms with E-state index in [0.717, 1.165) is 30.9 Å². The number of aromatic nitrogens is 2. The number of fused-ring (bicyclic) bond motifs is 1. The molecule has 1 aliphatic rings. The van der Waals surface area contributed by atoms with Gasteiger partial charge in [-0.1, -0.05) is 13.8 Å². The first-order valence-electron chi connectivity index (χ1n) is 8.84. The van der Waals surface area contributed by atoms with Gasteiger partial charge in [-0.2, -0.15) is 0 Å². The van der Waals surface area contributed by atoms with Gasteiger partial charge in [0.25, 0.3) is 0 Å². The molecular formula is C19H25N3O3. The average Bonchev–Trinajstić information content (AvgIpc) is 2.90. The predicted molar refractivity (Wildman–Crippen MR) is 97.1 cm³/mol. The monoisotopic (exact) mass is 343 g/mol. The molecule has 1 unspecified atom stereocenters. The highest BCUT2D eigenvalue weighted by molar-refractivity contribution is 5.93. The molecule has 6 nitrogen and oxygen atoms in total. The van der Waals surface area contributed by atoms with E-state index in [1.54, 1.807) is 18.2 Å². The van der Waals surface area contributed by atoms with Crippen molar-refractivity contribution in [3.05, 3.63) is 23.8 Å². The Bertz CT molecular complexity index is 810. The number of aryl methyl sites for hydroxylation is 1. The maximum atomic E-state index is 12.4. The summed E-state index contributed by atoms with van der Waals surface area (Å²) < 4.78 is 1.98. The Kier molecular flexibility index (Phi) is 4.79. The van der Waals surface area contributed by atoms with E-state index in [2.05, 4.69) is 23.7 Å². The molecule has 1 N–H and O–H groups in total. The first-order valence-corrected chi connectivity index (χ1v) is 8.84. The minimum atomic E-state index is -0.952. The molecule has 0 aliphatic carbocycles. The van der Waals surface area contributed by atoms with Gasteiger partial charge < -0.3 is 14.6 Å². The van der Waals surface area contributed by atoms with Crippen molar-refractivity contribution in [2.45, 2.75) is 33.1 Å². The molecule has 1 aromatic heterocycles. The zero-order chi connectivity index (χ0) is 18.1. The number of anilines is 1. The van der Waals surface area contributed by atoms with Crippen molar-refractivity contribution in [2.24, 2.45) is 18.9 Å². The molecule has 2 aromatic rings. The zero-order valence-electron chi connectivity index (χ0n) is 15.0. The predicted octanol–water partition coefficient (Wildman–Crippen LogP) is 3.10. The van der Waals surface area contributed by atoms with Crippen LogP contribution in [0.3, 0.4) is 0 Å². The van der Waals surface area contributed by atoms with Crippen molar-refractivity contribution in [3.8, 4) is 0 Å². The number of nitrogens with zero attached hydrogens (tertiary/aromatic N) is 3. The van der Waals surface area contributed by atoms with Crippen LogP contribution in [0.15, 0.2) is 18.2 Å². The number of hydrogen-bond donors (Lipinski definition) is 1. The quantitative estimate of drug-likeness (QED) is 0.903. The molecule has 3 rings (SSSR count). The van der Waals surface area contributed by atoms with Gasteiger partial charge in [0.1, 0.15) is 5.78 Å². The third kappa shape index (κ3) is 3.52. The number of Topliss-reactive ketones (excluding diaryl/α,β-unsaturated/α-hetero) is 1. The Hall–Kier alpha value is -2.37. The molecule has 25 heavy (non-hydrogen) atoms. The van der Waals surface area contributed by atoms with E-state index >= 15 is 0 Å². The number of rotatable bonds is 5. The number of imidazole rings is 1. The molecular weight excluding hydrogens is 318 g/mol. The Labute approximate surface area is 147 Å².